The van der Waals surface area contributed by atoms with E-state index in [1.54, 1.807) is 7.11 Å². The fourth-order valence-corrected chi connectivity index (χ4v) is 4.24. The molecular formula is C25H30N4O3S. The van der Waals surface area contributed by atoms with Crippen LogP contribution in [0.2, 0.25) is 0 Å². The average Bonchev–Trinajstić information content (AvgIpc) is 2.83. The van der Waals surface area contributed by atoms with Crippen LogP contribution in [-0.2, 0) is 11.3 Å². The minimum Gasteiger partial charge on any atom is -0.495 e. The molecule has 33 heavy (non-hydrogen) atoms. The van der Waals surface area contributed by atoms with Gasteiger partial charge in [-0.15, -0.1) is 0 Å². The van der Waals surface area contributed by atoms with E-state index in [4.69, 9.17) is 21.7 Å². The van der Waals surface area contributed by atoms with Crippen molar-refractivity contribution in [3.63, 3.8) is 0 Å². The second-order valence-corrected chi connectivity index (χ2v) is 8.61. The lowest BCUT2D eigenvalue weighted by molar-refractivity contribution is 0.0358. The van der Waals surface area contributed by atoms with Gasteiger partial charge in [0.25, 0.3) is 5.56 Å². The van der Waals surface area contributed by atoms with Gasteiger partial charge >= 0.3 is 0 Å². The Hall–Kier alpha value is -2.94. The number of nitrogens with one attached hydrogen (secondary N) is 2. The summed E-state index contributed by atoms with van der Waals surface area (Å²) in [7, 11) is 1.64. The third kappa shape index (κ3) is 5.90. The maximum absolute atomic E-state index is 12.8. The minimum atomic E-state index is -0.0946. The normalized spacial score (nSPS) is 14.2. The molecule has 2 aromatic carbocycles. The highest BCUT2D eigenvalue weighted by atomic mass is 32.1. The largest absolute Gasteiger partial charge is 0.495 e. The van der Waals surface area contributed by atoms with Gasteiger partial charge in [0.2, 0.25) is 0 Å². The van der Waals surface area contributed by atoms with Crippen LogP contribution >= 0.6 is 12.2 Å². The van der Waals surface area contributed by atoms with Crippen LogP contribution in [0.15, 0.2) is 53.3 Å². The molecule has 4 rings (SSSR count). The van der Waals surface area contributed by atoms with Gasteiger partial charge in [0.05, 0.1) is 32.6 Å². The number of benzene rings is 2. The zero-order chi connectivity index (χ0) is 23.2. The van der Waals surface area contributed by atoms with Crippen molar-refractivity contribution in [2.45, 2.75) is 13.5 Å². The van der Waals surface area contributed by atoms with Crippen molar-refractivity contribution < 1.29 is 9.47 Å². The van der Waals surface area contributed by atoms with Gasteiger partial charge < -0.3 is 24.7 Å². The first kappa shape index (κ1) is 23.2. The average molecular weight is 467 g/mol. The number of pyridine rings is 1. The molecule has 2 N–H and O–H groups in total. The van der Waals surface area contributed by atoms with E-state index in [0.29, 0.717) is 29.5 Å². The van der Waals surface area contributed by atoms with Crippen LogP contribution in [0.5, 0.6) is 5.75 Å². The summed E-state index contributed by atoms with van der Waals surface area (Å²) in [5.41, 5.74) is 3.37. The lowest BCUT2D eigenvalue weighted by atomic mass is 10.1. The van der Waals surface area contributed by atoms with Gasteiger partial charge in [-0.2, -0.15) is 0 Å². The van der Waals surface area contributed by atoms with Crippen molar-refractivity contribution in [2.75, 3.05) is 51.8 Å². The number of nitrogens with zero attached hydrogens (tertiary/aromatic N) is 2. The minimum absolute atomic E-state index is 0.0946. The van der Waals surface area contributed by atoms with Gasteiger partial charge in [-0.3, -0.25) is 9.69 Å². The second-order valence-electron chi connectivity index (χ2n) is 8.22. The molecule has 1 aliphatic rings. The highest BCUT2D eigenvalue weighted by molar-refractivity contribution is 7.80. The van der Waals surface area contributed by atoms with E-state index in [1.807, 2.05) is 54.3 Å². The van der Waals surface area contributed by atoms with Crippen molar-refractivity contribution in [3.8, 4) is 5.75 Å². The van der Waals surface area contributed by atoms with Gasteiger partial charge in [-0.05, 0) is 54.9 Å². The van der Waals surface area contributed by atoms with Crippen molar-refractivity contribution in [2.24, 2.45) is 0 Å². The summed E-state index contributed by atoms with van der Waals surface area (Å²) in [5, 5.41) is 4.88. The van der Waals surface area contributed by atoms with Crippen LogP contribution in [0, 0.1) is 6.92 Å². The summed E-state index contributed by atoms with van der Waals surface area (Å²) < 4.78 is 10.9. The van der Waals surface area contributed by atoms with Crippen LogP contribution in [0.4, 0.5) is 5.69 Å². The number of rotatable bonds is 7. The molecule has 0 amide bonds. The molecule has 0 saturated carbocycles. The lowest BCUT2D eigenvalue weighted by Crippen LogP contribution is -2.44. The fraction of sp³-hybridized carbons (Fsp3) is 0.360. The molecular weight excluding hydrogens is 436 g/mol. The molecule has 3 aromatic rings. The number of anilines is 1. The van der Waals surface area contributed by atoms with E-state index >= 15 is 0 Å². The Morgan fingerprint density at radius 2 is 2.00 bits per heavy atom. The highest BCUT2D eigenvalue weighted by Crippen LogP contribution is 2.24. The number of aryl methyl sites for hydroxylation is 1. The van der Waals surface area contributed by atoms with E-state index in [1.165, 1.54) is 0 Å². The Morgan fingerprint density at radius 3 is 2.79 bits per heavy atom. The van der Waals surface area contributed by atoms with Gasteiger partial charge in [-0.1, -0.05) is 23.8 Å². The Labute approximate surface area is 199 Å². The summed E-state index contributed by atoms with van der Waals surface area (Å²) in [6.45, 7) is 7.26. The van der Waals surface area contributed by atoms with Gasteiger partial charge in [-0.25, -0.2) is 0 Å². The van der Waals surface area contributed by atoms with E-state index in [0.717, 1.165) is 55.0 Å². The first-order valence-electron chi connectivity index (χ1n) is 11.1. The van der Waals surface area contributed by atoms with E-state index in [-0.39, 0.29) is 5.56 Å². The predicted molar refractivity (Wildman–Crippen MR) is 136 cm³/mol. The van der Waals surface area contributed by atoms with Gasteiger partial charge in [0.1, 0.15) is 5.75 Å². The molecule has 0 unspecified atom stereocenters. The molecule has 0 bridgehead atoms. The number of thiocarbonyl (C=S) groups is 1. The first-order valence-corrected chi connectivity index (χ1v) is 11.6. The van der Waals surface area contributed by atoms with Gasteiger partial charge in [0, 0.05) is 37.3 Å². The number of morpholine rings is 1. The molecule has 174 valence electrons. The van der Waals surface area contributed by atoms with Crippen molar-refractivity contribution >= 4 is 33.9 Å². The number of para-hydroxylation sites is 2. The van der Waals surface area contributed by atoms with Crippen molar-refractivity contribution in [3.05, 3.63) is 70.0 Å². The second kappa shape index (κ2) is 10.8. The number of hydrogen-bond acceptors (Lipinski definition) is 5. The standard InChI is InChI=1S/C25H30N4O3S/c1-18-7-8-21-19(15-18)16-20(24(30)26-21)17-29(10-9-28-11-13-32-14-12-28)25(33)27-22-5-3-4-6-23(22)31-2/h3-8,15-16H,9-14,17H2,1-2H3,(H,26,30)(H,27,33). The number of ether oxygens (including phenoxy) is 2. The maximum Gasteiger partial charge on any atom is 0.253 e. The molecule has 0 spiro atoms. The quantitative estimate of drug-likeness (QED) is 0.518. The predicted octanol–water partition coefficient (Wildman–Crippen LogP) is 3.38. The molecule has 1 aliphatic heterocycles. The van der Waals surface area contributed by atoms with Gasteiger partial charge in [0.15, 0.2) is 5.11 Å². The third-order valence-corrected chi connectivity index (χ3v) is 6.22. The Kier molecular flexibility index (Phi) is 7.59. The zero-order valence-electron chi connectivity index (χ0n) is 19.1. The third-order valence-electron chi connectivity index (χ3n) is 5.86. The van der Waals surface area contributed by atoms with Crippen LogP contribution in [0.25, 0.3) is 10.9 Å². The molecule has 1 saturated heterocycles. The molecule has 0 aliphatic carbocycles. The summed E-state index contributed by atoms with van der Waals surface area (Å²) >= 11 is 5.79. The smallest absolute Gasteiger partial charge is 0.253 e. The summed E-state index contributed by atoms with van der Waals surface area (Å²) in [5.74, 6) is 0.715. The number of hydrogen-bond donors (Lipinski definition) is 2. The number of aromatic amines is 1. The number of aromatic nitrogens is 1. The van der Waals surface area contributed by atoms with E-state index < -0.39 is 0 Å². The summed E-state index contributed by atoms with van der Waals surface area (Å²) in [6, 6.07) is 15.7. The molecule has 7 nitrogen and oxygen atoms in total. The fourth-order valence-electron chi connectivity index (χ4n) is 3.98. The van der Waals surface area contributed by atoms with Crippen LogP contribution in [0.1, 0.15) is 11.1 Å². The lowest BCUT2D eigenvalue weighted by Gasteiger charge is -2.31. The SMILES string of the molecule is COc1ccccc1NC(=S)N(CCN1CCOCC1)Cc1cc2cc(C)ccc2[nH]c1=O. The molecule has 8 heteroatoms. The van der Waals surface area contributed by atoms with Crippen LogP contribution in [-0.4, -0.2) is 66.4 Å². The Morgan fingerprint density at radius 1 is 1.21 bits per heavy atom. The topological polar surface area (TPSA) is 69.8 Å². The molecule has 1 aromatic heterocycles. The van der Waals surface area contributed by atoms with E-state index in [2.05, 4.69) is 21.3 Å². The maximum atomic E-state index is 12.8. The van der Waals surface area contributed by atoms with E-state index in [9.17, 15) is 4.79 Å². The monoisotopic (exact) mass is 466 g/mol. The molecule has 1 fully saturated rings. The summed E-state index contributed by atoms with van der Waals surface area (Å²) in [6.07, 6.45) is 0. The van der Waals surface area contributed by atoms with Crippen LogP contribution < -0.4 is 15.6 Å². The summed E-state index contributed by atoms with van der Waals surface area (Å²) in [4.78, 5) is 20.3. The number of H-pyrrole nitrogens is 1. The molecule has 2 heterocycles. The number of fused-ring (bicyclic) bond motifs is 1. The van der Waals surface area contributed by atoms with Crippen LogP contribution in [0.3, 0.4) is 0 Å². The first-order chi connectivity index (χ1) is 16.0. The molecule has 0 atom stereocenters. The Bertz CT molecular complexity index is 1170. The van der Waals surface area contributed by atoms with Crippen molar-refractivity contribution in [1.29, 1.82) is 0 Å². The zero-order valence-corrected chi connectivity index (χ0v) is 19.9. The Balaban J connectivity index is 1.57. The molecule has 0 radical (unpaired) electrons. The number of methoxy groups -OCH3 is 1. The van der Waals surface area contributed by atoms with Crippen molar-refractivity contribution in [1.82, 2.24) is 14.8 Å². The highest BCUT2D eigenvalue weighted by Gasteiger charge is 2.18.